The largest absolute Gasteiger partial charge is 0.384 e. The molecule has 0 aromatic rings. The van der Waals surface area contributed by atoms with Crippen LogP contribution in [0.15, 0.2) is 0 Å². The van der Waals surface area contributed by atoms with Crippen molar-refractivity contribution in [1.29, 1.82) is 0 Å². The number of sulfone groups is 1. The predicted octanol–water partition coefficient (Wildman–Crippen LogP) is -0.703. The fourth-order valence-corrected chi connectivity index (χ4v) is 2.64. The summed E-state index contributed by atoms with van der Waals surface area (Å²) in [6.07, 6.45) is 0.0477. The highest BCUT2D eigenvalue weighted by Crippen LogP contribution is 2.02. The van der Waals surface area contributed by atoms with Crippen LogP contribution in [-0.2, 0) is 24.1 Å². The Morgan fingerprint density at radius 2 is 1.94 bits per heavy atom. The van der Waals surface area contributed by atoms with Gasteiger partial charge in [-0.15, -0.1) is 0 Å². The van der Waals surface area contributed by atoms with E-state index in [0.717, 1.165) is 0 Å². The van der Waals surface area contributed by atoms with Crippen LogP contribution in [0.5, 0.6) is 0 Å². The first-order chi connectivity index (χ1) is 8.05. The molecule has 0 radical (unpaired) electrons. The van der Waals surface area contributed by atoms with E-state index < -0.39 is 9.84 Å². The highest BCUT2D eigenvalue weighted by Gasteiger charge is 2.19. The van der Waals surface area contributed by atoms with E-state index in [1.165, 1.54) is 7.11 Å². The first-order valence-corrected chi connectivity index (χ1v) is 7.42. The molecule has 1 rings (SSSR count). The Morgan fingerprint density at radius 3 is 2.53 bits per heavy atom. The molecule has 1 aliphatic rings. The van der Waals surface area contributed by atoms with Crippen molar-refractivity contribution < 1.29 is 22.7 Å². The van der Waals surface area contributed by atoms with E-state index in [9.17, 15) is 13.2 Å². The van der Waals surface area contributed by atoms with Crippen molar-refractivity contribution in [3.63, 3.8) is 0 Å². The van der Waals surface area contributed by atoms with Gasteiger partial charge >= 0.3 is 0 Å². The van der Waals surface area contributed by atoms with Gasteiger partial charge in [0.1, 0.15) is 0 Å². The molecule has 0 bridgehead atoms. The van der Waals surface area contributed by atoms with Crippen LogP contribution in [0, 0.1) is 0 Å². The molecule has 0 aromatic heterocycles. The van der Waals surface area contributed by atoms with Crippen molar-refractivity contribution in [2.24, 2.45) is 0 Å². The average Bonchev–Trinajstić information content (AvgIpc) is 2.35. The molecular weight excluding hydrogens is 246 g/mol. The zero-order valence-corrected chi connectivity index (χ0v) is 10.9. The number of methoxy groups -OCH3 is 1. The maximum absolute atomic E-state index is 11.7. The fraction of sp³-hybridized carbons (Fsp3) is 0.900. The molecule has 0 N–H and O–H groups in total. The fourth-order valence-electron chi connectivity index (χ4n) is 1.53. The Morgan fingerprint density at radius 1 is 1.29 bits per heavy atom. The lowest BCUT2D eigenvalue weighted by molar-refractivity contribution is -0.134. The van der Waals surface area contributed by atoms with Crippen molar-refractivity contribution in [3.8, 4) is 0 Å². The molecule has 1 amide bonds. The van der Waals surface area contributed by atoms with Crippen LogP contribution < -0.4 is 0 Å². The van der Waals surface area contributed by atoms with Gasteiger partial charge in [-0.25, -0.2) is 8.42 Å². The molecule has 1 fully saturated rings. The molecule has 0 aliphatic carbocycles. The van der Waals surface area contributed by atoms with Crippen molar-refractivity contribution in [2.45, 2.75) is 6.42 Å². The van der Waals surface area contributed by atoms with E-state index in [2.05, 4.69) is 0 Å². The summed E-state index contributed by atoms with van der Waals surface area (Å²) in [6.45, 7) is 2.34. The third-order valence-electron chi connectivity index (χ3n) is 2.59. The average molecular weight is 265 g/mol. The van der Waals surface area contributed by atoms with E-state index >= 15 is 0 Å². The zero-order chi connectivity index (χ0) is 12.7. The normalized spacial score (nSPS) is 17.1. The SMILES string of the molecule is COCCS(=O)(=O)CCC(=O)N1CCOCC1. The lowest BCUT2D eigenvalue weighted by Gasteiger charge is -2.26. The van der Waals surface area contributed by atoms with Crippen molar-refractivity contribution in [3.05, 3.63) is 0 Å². The molecule has 0 atom stereocenters. The standard InChI is InChI=1S/C10H19NO5S/c1-15-7-9-17(13,14)8-2-10(12)11-3-5-16-6-4-11/h2-9H2,1H3. The number of carbonyl (C=O) groups excluding carboxylic acids is 1. The van der Waals surface area contributed by atoms with Gasteiger partial charge in [0.2, 0.25) is 5.91 Å². The predicted molar refractivity (Wildman–Crippen MR) is 62.5 cm³/mol. The molecule has 0 aromatic carbocycles. The minimum Gasteiger partial charge on any atom is -0.384 e. The van der Waals surface area contributed by atoms with Crippen molar-refractivity contribution in [1.82, 2.24) is 4.90 Å². The van der Waals surface area contributed by atoms with Crippen LogP contribution in [-0.4, -0.2) is 70.8 Å². The molecule has 0 saturated carbocycles. The van der Waals surface area contributed by atoms with E-state index in [-0.39, 0.29) is 30.4 Å². The number of hydrogen-bond donors (Lipinski definition) is 0. The Hall–Kier alpha value is -0.660. The van der Waals surface area contributed by atoms with Crippen molar-refractivity contribution >= 4 is 15.7 Å². The smallest absolute Gasteiger partial charge is 0.223 e. The number of nitrogens with zero attached hydrogens (tertiary/aromatic N) is 1. The molecule has 1 heterocycles. The molecule has 1 saturated heterocycles. The van der Waals surface area contributed by atoms with Gasteiger partial charge in [0.25, 0.3) is 0 Å². The van der Waals surface area contributed by atoms with E-state index in [1.807, 2.05) is 0 Å². The first kappa shape index (κ1) is 14.4. The Balaban J connectivity index is 2.31. The summed E-state index contributed by atoms with van der Waals surface area (Å²) in [7, 11) is -1.73. The van der Waals surface area contributed by atoms with Gasteiger partial charge in [-0.3, -0.25) is 4.79 Å². The molecule has 100 valence electrons. The number of rotatable bonds is 6. The van der Waals surface area contributed by atoms with E-state index in [4.69, 9.17) is 9.47 Å². The number of carbonyl (C=O) groups is 1. The van der Waals surface area contributed by atoms with Gasteiger partial charge in [0.05, 0.1) is 31.3 Å². The minimum absolute atomic E-state index is 0.0279. The van der Waals surface area contributed by atoms with Gasteiger partial charge in [0, 0.05) is 26.6 Å². The lowest BCUT2D eigenvalue weighted by Crippen LogP contribution is -2.41. The summed E-state index contributed by atoms with van der Waals surface area (Å²) in [5.74, 6) is -0.249. The Labute approximate surface area is 102 Å². The highest BCUT2D eigenvalue weighted by molar-refractivity contribution is 7.91. The van der Waals surface area contributed by atoms with Gasteiger partial charge in [-0.1, -0.05) is 0 Å². The van der Waals surface area contributed by atoms with E-state index in [0.29, 0.717) is 26.3 Å². The quantitative estimate of drug-likeness (QED) is 0.635. The third-order valence-corrected chi connectivity index (χ3v) is 4.20. The van der Waals surface area contributed by atoms with Crippen LogP contribution in [0.2, 0.25) is 0 Å². The number of ether oxygens (including phenoxy) is 2. The molecular formula is C10H19NO5S. The summed E-state index contributed by atoms with van der Waals surface area (Å²) >= 11 is 0. The Kier molecular flexibility index (Phi) is 5.87. The molecule has 1 aliphatic heterocycles. The van der Waals surface area contributed by atoms with Crippen LogP contribution in [0.4, 0.5) is 0 Å². The second kappa shape index (κ2) is 6.93. The van der Waals surface area contributed by atoms with Gasteiger partial charge in [-0.2, -0.15) is 0 Å². The number of amides is 1. The van der Waals surface area contributed by atoms with Crippen LogP contribution in [0.1, 0.15) is 6.42 Å². The zero-order valence-electron chi connectivity index (χ0n) is 10.1. The van der Waals surface area contributed by atoms with E-state index in [1.54, 1.807) is 4.90 Å². The molecule has 0 spiro atoms. The summed E-state index contributed by atoms with van der Waals surface area (Å²) in [5.41, 5.74) is 0. The number of hydrogen-bond acceptors (Lipinski definition) is 5. The Bertz CT molecular complexity index is 335. The third kappa shape index (κ3) is 5.47. The monoisotopic (exact) mass is 265 g/mol. The van der Waals surface area contributed by atoms with Gasteiger partial charge in [-0.05, 0) is 0 Å². The maximum atomic E-state index is 11.7. The van der Waals surface area contributed by atoms with Crippen molar-refractivity contribution in [2.75, 3.05) is 51.5 Å². The summed E-state index contributed by atoms with van der Waals surface area (Å²) in [6, 6.07) is 0. The first-order valence-electron chi connectivity index (χ1n) is 5.60. The summed E-state index contributed by atoms with van der Waals surface area (Å²) in [4.78, 5) is 13.3. The highest BCUT2D eigenvalue weighted by atomic mass is 32.2. The van der Waals surface area contributed by atoms with Gasteiger partial charge < -0.3 is 14.4 Å². The summed E-state index contributed by atoms with van der Waals surface area (Å²) < 4.78 is 32.8. The van der Waals surface area contributed by atoms with Crippen LogP contribution >= 0.6 is 0 Å². The summed E-state index contributed by atoms with van der Waals surface area (Å²) in [5, 5.41) is 0. The molecule has 0 unspecified atom stereocenters. The molecule has 7 heteroatoms. The topological polar surface area (TPSA) is 72.9 Å². The second-order valence-corrected chi connectivity index (χ2v) is 6.19. The van der Waals surface area contributed by atoms with Gasteiger partial charge in [0.15, 0.2) is 9.84 Å². The second-order valence-electron chi connectivity index (χ2n) is 3.89. The van der Waals surface area contributed by atoms with Crippen LogP contribution in [0.3, 0.4) is 0 Å². The maximum Gasteiger partial charge on any atom is 0.223 e. The lowest BCUT2D eigenvalue weighted by atomic mass is 10.3. The molecule has 6 nitrogen and oxygen atoms in total. The van der Waals surface area contributed by atoms with Crippen LogP contribution in [0.25, 0.3) is 0 Å². The minimum atomic E-state index is -3.18. The molecule has 17 heavy (non-hydrogen) atoms. The number of morpholine rings is 1.